The standard InChI is InChI=1S/C19H23NO2/c1-11-6-5-7-14-15(11)16-12-8-9-13(10-12)17(16)20(14)18(21)22-19(2,3)4/h5-9,12-13,16-17H,10H2,1-4H3/t12-,13+,16-,17-/m0/s1. The van der Waals surface area contributed by atoms with Crippen LogP contribution in [-0.2, 0) is 4.74 Å². The Labute approximate surface area is 132 Å². The predicted octanol–water partition coefficient (Wildman–Crippen LogP) is 4.41. The summed E-state index contributed by atoms with van der Waals surface area (Å²) in [7, 11) is 0. The van der Waals surface area contributed by atoms with Crippen molar-refractivity contribution >= 4 is 11.8 Å². The zero-order chi connectivity index (χ0) is 15.6. The van der Waals surface area contributed by atoms with E-state index < -0.39 is 5.60 Å². The first-order valence-corrected chi connectivity index (χ1v) is 8.17. The minimum absolute atomic E-state index is 0.201. The Hall–Kier alpha value is -1.77. The van der Waals surface area contributed by atoms with Crippen molar-refractivity contribution in [2.45, 2.75) is 51.7 Å². The van der Waals surface area contributed by atoms with Crippen LogP contribution < -0.4 is 4.90 Å². The van der Waals surface area contributed by atoms with Crippen LogP contribution in [0.25, 0.3) is 0 Å². The van der Waals surface area contributed by atoms with Crippen LogP contribution in [0.5, 0.6) is 0 Å². The molecule has 1 fully saturated rings. The topological polar surface area (TPSA) is 29.5 Å². The number of nitrogens with zero attached hydrogens (tertiary/aromatic N) is 1. The van der Waals surface area contributed by atoms with Gasteiger partial charge in [0.05, 0.1) is 11.7 Å². The lowest BCUT2D eigenvalue weighted by molar-refractivity contribution is 0.0563. The molecule has 2 aliphatic carbocycles. The molecule has 3 nitrogen and oxygen atoms in total. The van der Waals surface area contributed by atoms with Gasteiger partial charge in [-0.15, -0.1) is 0 Å². The van der Waals surface area contributed by atoms with Gasteiger partial charge in [-0.3, -0.25) is 4.90 Å². The highest BCUT2D eigenvalue weighted by Crippen LogP contribution is 2.58. The Bertz CT molecular complexity index is 671. The minimum atomic E-state index is -0.466. The van der Waals surface area contributed by atoms with Gasteiger partial charge < -0.3 is 4.74 Å². The van der Waals surface area contributed by atoms with Gasteiger partial charge in [0, 0.05) is 5.92 Å². The highest BCUT2D eigenvalue weighted by molar-refractivity contribution is 5.93. The lowest BCUT2D eigenvalue weighted by Crippen LogP contribution is -2.44. The van der Waals surface area contributed by atoms with Gasteiger partial charge in [0.1, 0.15) is 5.60 Å². The second-order valence-electron chi connectivity index (χ2n) is 7.82. The number of hydrogen-bond donors (Lipinski definition) is 0. The zero-order valence-electron chi connectivity index (χ0n) is 13.7. The lowest BCUT2D eigenvalue weighted by Gasteiger charge is -2.32. The summed E-state index contributed by atoms with van der Waals surface area (Å²) in [4.78, 5) is 14.8. The van der Waals surface area contributed by atoms with E-state index >= 15 is 0 Å². The Balaban J connectivity index is 1.80. The third-order valence-corrected chi connectivity index (χ3v) is 5.20. The van der Waals surface area contributed by atoms with E-state index in [9.17, 15) is 4.79 Å². The molecule has 4 atom stereocenters. The molecule has 0 spiro atoms. The molecule has 0 N–H and O–H groups in total. The van der Waals surface area contributed by atoms with Crippen LogP contribution in [0.3, 0.4) is 0 Å². The van der Waals surface area contributed by atoms with E-state index in [1.54, 1.807) is 0 Å². The number of aryl methyl sites for hydroxylation is 1. The molecule has 3 aliphatic rings. The summed E-state index contributed by atoms with van der Waals surface area (Å²) in [5.41, 5.74) is 3.24. The predicted molar refractivity (Wildman–Crippen MR) is 87.2 cm³/mol. The first-order valence-electron chi connectivity index (χ1n) is 8.17. The number of allylic oxidation sites excluding steroid dienone is 1. The number of amides is 1. The zero-order valence-corrected chi connectivity index (χ0v) is 13.7. The average molecular weight is 297 g/mol. The maximum absolute atomic E-state index is 12.8. The van der Waals surface area contributed by atoms with Crippen LogP contribution >= 0.6 is 0 Å². The molecule has 4 rings (SSSR count). The average Bonchev–Trinajstić information content (AvgIpc) is 3.06. The number of ether oxygens (including phenoxy) is 1. The van der Waals surface area contributed by atoms with Crippen molar-refractivity contribution in [3.05, 3.63) is 41.5 Å². The fourth-order valence-electron chi connectivity index (χ4n) is 4.53. The van der Waals surface area contributed by atoms with Crippen molar-refractivity contribution in [3.8, 4) is 0 Å². The number of hydrogen-bond acceptors (Lipinski definition) is 2. The summed E-state index contributed by atoms with van der Waals surface area (Å²) in [6.45, 7) is 7.94. The summed E-state index contributed by atoms with van der Waals surface area (Å²) in [5.74, 6) is 1.48. The number of benzene rings is 1. The number of carbonyl (C=O) groups is 1. The Kier molecular flexibility index (Phi) is 2.76. The summed E-state index contributed by atoms with van der Waals surface area (Å²) in [6.07, 6.45) is 5.61. The molecule has 0 unspecified atom stereocenters. The maximum Gasteiger partial charge on any atom is 0.415 e. The van der Waals surface area contributed by atoms with Gasteiger partial charge in [0.15, 0.2) is 0 Å². The molecule has 1 aromatic carbocycles. The second kappa shape index (κ2) is 4.37. The Morgan fingerprint density at radius 3 is 2.68 bits per heavy atom. The SMILES string of the molecule is Cc1cccc2c1[C@H]1[C@H]([C@@H]3C=C[C@H]1C3)N2C(=O)OC(C)(C)C. The quantitative estimate of drug-likeness (QED) is 0.664. The fraction of sp³-hybridized carbons (Fsp3) is 0.526. The van der Waals surface area contributed by atoms with Crippen LogP contribution in [0.15, 0.2) is 30.4 Å². The monoisotopic (exact) mass is 297 g/mol. The van der Waals surface area contributed by atoms with Crippen molar-refractivity contribution in [2.75, 3.05) is 4.90 Å². The Morgan fingerprint density at radius 2 is 1.95 bits per heavy atom. The van der Waals surface area contributed by atoms with Crippen molar-refractivity contribution in [2.24, 2.45) is 11.8 Å². The molecule has 0 radical (unpaired) electrons. The van der Waals surface area contributed by atoms with Crippen molar-refractivity contribution in [3.63, 3.8) is 0 Å². The van der Waals surface area contributed by atoms with E-state index in [4.69, 9.17) is 4.74 Å². The number of carbonyl (C=O) groups excluding carboxylic acids is 1. The van der Waals surface area contributed by atoms with E-state index in [2.05, 4.69) is 31.2 Å². The van der Waals surface area contributed by atoms with E-state index in [1.165, 1.54) is 17.5 Å². The van der Waals surface area contributed by atoms with E-state index in [0.29, 0.717) is 17.8 Å². The molecule has 116 valence electrons. The van der Waals surface area contributed by atoms with Crippen LogP contribution in [0.1, 0.15) is 44.2 Å². The third-order valence-electron chi connectivity index (χ3n) is 5.20. The van der Waals surface area contributed by atoms with Crippen LogP contribution in [0, 0.1) is 18.8 Å². The van der Waals surface area contributed by atoms with Gasteiger partial charge >= 0.3 is 6.09 Å². The van der Waals surface area contributed by atoms with Gasteiger partial charge in [-0.2, -0.15) is 0 Å². The lowest BCUT2D eigenvalue weighted by atomic mass is 9.84. The number of fused-ring (bicyclic) bond motifs is 7. The highest BCUT2D eigenvalue weighted by atomic mass is 16.6. The van der Waals surface area contributed by atoms with Crippen molar-refractivity contribution in [1.82, 2.24) is 0 Å². The normalized spacial score (nSPS) is 31.4. The van der Waals surface area contributed by atoms with Gasteiger partial charge in [-0.25, -0.2) is 4.79 Å². The second-order valence-corrected chi connectivity index (χ2v) is 7.82. The number of rotatable bonds is 0. The van der Waals surface area contributed by atoms with E-state index in [1.807, 2.05) is 31.7 Å². The van der Waals surface area contributed by atoms with Crippen molar-refractivity contribution < 1.29 is 9.53 Å². The molecule has 3 heteroatoms. The van der Waals surface area contributed by atoms with E-state index in [0.717, 1.165) is 5.69 Å². The fourth-order valence-corrected chi connectivity index (χ4v) is 4.53. The first kappa shape index (κ1) is 13.9. The van der Waals surface area contributed by atoms with E-state index in [-0.39, 0.29) is 12.1 Å². The Morgan fingerprint density at radius 1 is 1.23 bits per heavy atom. The maximum atomic E-state index is 12.8. The largest absolute Gasteiger partial charge is 0.443 e. The molecule has 0 aromatic heterocycles. The molecule has 1 heterocycles. The van der Waals surface area contributed by atoms with Gasteiger partial charge in [0.2, 0.25) is 0 Å². The molecule has 22 heavy (non-hydrogen) atoms. The molecule has 1 aromatic rings. The molecule has 1 saturated carbocycles. The highest BCUT2D eigenvalue weighted by Gasteiger charge is 2.55. The van der Waals surface area contributed by atoms with Gasteiger partial charge in [-0.1, -0.05) is 24.3 Å². The molecule has 1 aliphatic heterocycles. The first-order chi connectivity index (χ1) is 10.4. The molecular weight excluding hydrogens is 274 g/mol. The molecular formula is C19H23NO2. The molecule has 1 amide bonds. The summed E-state index contributed by atoms with van der Waals surface area (Å²) in [5, 5.41) is 0. The van der Waals surface area contributed by atoms with Crippen molar-refractivity contribution in [1.29, 1.82) is 0 Å². The van der Waals surface area contributed by atoms with Gasteiger partial charge in [0.25, 0.3) is 0 Å². The summed E-state index contributed by atoms with van der Waals surface area (Å²) in [6, 6.07) is 6.51. The van der Waals surface area contributed by atoms with Crippen LogP contribution in [0.2, 0.25) is 0 Å². The third kappa shape index (κ3) is 1.84. The van der Waals surface area contributed by atoms with Gasteiger partial charge in [-0.05, 0) is 63.1 Å². The smallest absolute Gasteiger partial charge is 0.415 e. The summed E-state index contributed by atoms with van der Waals surface area (Å²) < 4.78 is 5.70. The number of anilines is 1. The van der Waals surface area contributed by atoms with Crippen LogP contribution in [0.4, 0.5) is 10.5 Å². The van der Waals surface area contributed by atoms with Crippen LogP contribution in [-0.4, -0.2) is 17.7 Å². The molecule has 0 saturated heterocycles. The molecule has 2 bridgehead atoms. The minimum Gasteiger partial charge on any atom is -0.443 e. The summed E-state index contributed by atoms with van der Waals surface area (Å²) >= 11 is 0.